The van der Waals surface area contributed by atoms with Crippen molar-refractivity contribution in [2.75, 3.05) is 5.32 Å². The van der Waals surface area contributed by atoms with E-state index < -0.39 is 5.82 Å². The van der Waals surface area contributed by atoms with Gasteiger partial charge in [-0.2, -0.15) is 5.10 Å². The predicted molar refractivity (Wildman–Crippen MR) is 78.9 cm³/mol. The first-order valence-corrected chi connectivity index (χ1v) is 6.70. The molecule has 0 saturated carbocycles. The van der Waals surface area contributed by atoms with Crippen LogP contribution in [0.5, 0.6) is 0 Å². The van der Waals surface area contributed by atoms with Gasteiger partial charge in [-0.1, -0.05) is 29.3 Å². The zero-order valence-electron chi connectivity index (χ0n) is 10.3. The van der Waals surface area contributed by atoms with Gasteiger partial charge in [0.15, 0.2) is 5.82 Å². The van der Waals surface area contributed by atoms with Crippen LogP contribution in [0.4, 0.5) is 10.1 Å². The van der Waals surface area contributed by atoms with Crippen molar-refractivity contribution in [3.8, 4) is 0 Å². The smallest absolute Gasteiger partial charge is 0.160 e. The van der Waals surface area contributed by atoms with Crippen molar-refractivity contribution in [3.63, 3.8) is 0 Å². The van der Waals surface area contributed by atoms with Crippen molar-refractivity contribution in [1.29, 1.82) is 0 Å². The maximum Gasteiger partial charge on any atom is 0.160 e. The summed E-state index contributed by atoms with van der Waals surface area (Å²) in [7, 11) is 0. The van der Waals surface area contributed by atoms with Gasteiger partial charge in [-0.25, -0.2) is 8.91 Å². The van der Waals surface area contributed by atoms with Crippen LogP contribution in [0.2, 0.25) is 10.0 Å². The minimum Gasteiger partial charge on any atom is -0.381 e. The van der Waals surface area contributed by atoms with E-state index >= 15 is 0 Å². The lowest BCUT2D eigenvalue weighted by atomic mass is 10.2. The highest BCUT2D eigenvalue weighted by molar-refractivity contribution is 6.35. The van der Waals surface area contributed by atoms with Crippen LogP contribution < -0.4 is 5.32 Å². The maximum absolute atomic E-state index is 13.3. The standard InChI is InChI=1S/C14H10Cl2FN3/c15-11-5-10(6-12(16)14(11)17)18-7-9-8-19-20-4-2-1-3-13(9)20/h1-6,8,18H,7H2. The second-order valence-electron chi connectivity index (χ2n) is 4.31. The van der Waals surface area contributed by atoms with Crippen LogP contribution in [0.25, 0.3) is 5.52 Å². The Morgan fingerprint density at radius 1 is 1.20 bits per heavy atom. The molecule has 0 aliphatic rings. The Hall–Kier alpha value is -1.78. The van der Waals surface area contributed by atoms with Gasteiger partial charge in [-0.3, -0.25) is 0 Å². The number of pyridine rings is 1. The summed E-state index contributed by atoms with van der Waals surface area (Å²) in [5.74, 6) is -0.602. The van der Waals surface area contributed by atoms with Crippen LogP contribution in [0, 0.1) is 5.82 Å². The number of anilines is 1. The van der Waals surface area contributed by atoms with E-state index in [2.05, 4.69) is 10.4 Å². The van der Waals surface area contributed by atoms with E-state index in [1.54, 1.807) is 10.7 Å². The van der Waals surface area contributed by atoms with Gasteiger partial charge in [-0.15, -0.1) is 0 Å². The number of nitrogens with zero attached hydrogens (tertiary/aromatic N) is 2. The highest BCUT2D eigenvalue weighted by Gasteiger charge is 2.08. The average Bonchev–Trinajstić information content (AvgIpc) is 2.85. The van der Waals surface area contributed by atoms with Gasteiger partial charge in [0.2, 0.25) is 0 Å². The molecule has 2 heterocycles. The van der Waals surface area contributed by atoms with Gasteiger partial charge in [-0.05, 0) is 24.3 Å². The molecule has 6 heteroatoms. The molecular weight excluding hydrogens is 300 g/mol. The van der Waals surface area contributed by atoms with E-state index in [9.17, 15) is 4.39 Å². The van der Waals surface area contributed by atoms with Crippen LogP contribution in [0.3, 0.4) is 0 Å². The second kappa shape index (κ2) is 5.31. The quantitative estimate of drug-likeness (QED) is 0.727. The molecule has 3 aromatic rings. The molecule has 0 atom stereocenters. The first kappa shape index (κ1) is 13.2. The number of halogens is 3. The summed E-state index contributed by atoms with van der Waals surface area (Å²) in [5, 5.41) is 7.40. The second-order valence-corrected chi connectivity index (χ2v) is 5.12. The number of nitrogens with one attached hydrogen (secondary N) is 1. The first-order valence-electron chi connectivity index (χ1n) is 5.95. The van der Waals surface area contributed by atoms with Crippen LogP contribution >= 0.6 is 23.2 Å². The van der Waals surface area contributed by atoms with Crippen LogP contribution in [0.1, 0.15) is 5.56 Å². The van der Waals surface area contributed by atoms with Crippen LogP contribution in [-0.4, -0.2) is 9.61 Å². The minimum absolute atomic E-state index is 0.000126. The zero-order valence-corrected chi connectivity index (χ0v) is 11.8. The molecular formula is C14H10Cl2FN3. The van der Waals surface area contributed by atoms with Gasteiger partial charge < -0.3 is 5.32 Å². The fourth-order valence-corrected chi connectivity index (χ4v) is 2.47. The van der Waals surface area contributed by atoms with Crippen molar-refractivity contribution in [2.24, 2.45) is 0 Å². The van der Waals surface area contributed by atoms with Crippen molar-refractivity contribution in [1.82, 2.24) is 9.61 Å². The van der Waals surface area contributed by atoms with Crippen molar-refractivity contribution in [3.05, 3.63) is 64.2 Å². The molecule has 20 heavy (non-hydrogen) atoms. The fraction of sp³-hybridized carbons (Fsp3) is 0.0714. The molecule has 0 unspecified atom stereocenters. The van der Waals surface area contributed by atoms with E-state index in [0.717, 1.165) is 11.1 Å². The highest BCUT2D eigenvalue weighted by atomic mass is 35.5. The van der Waals surface area contributed by atoms with Gasteiger partial charge >= 0.3 is 0 Å². The van der Waals surface area contributed by atoms with Gasteiger partial charge in [0, 0.05) is 24.0 Å². The molecule has 1 aromatic carbocycles. The summed E-state index contributed by atoms with van der Waals surface area (Å²) in [5.41, 5.74) is 2.71. The molecule has 0 aliphatic carbocycles. The van der Waals surface area contributed by atoms with E-state index in [1.807, 2.05) is 24.4 Å². The number of fused-ring (bicyclic) bond motifs is 1. The lowest BCUT2D eigenvalue weighted by Crippen LogP contribution is -1.99. The Bertz CT molecular complexity index is 747. The Morgan fingerprint density at radius 3 is 2.70 bits per heavy atom. The molecule has 0 amide bonds. The predicted octanol–water partition coefficient (Wildman–Crippen LogP) is 4.39. The molecule has 3 nitrogen and oxygen atoms in total. The molecule has 0 saturated heterocycles. The third kappa shape index (κ3) is 2.44. The molecule has 3 rings (SSSR count). The zero-order chi connectivity index (χ0) is 14.1. The number of hydrogen-bond donors (Lipinski definition) is 1. The lowest BCUT2D eigenvalue weighted by Gasteiger charge is -2.07. The summed E-state index contributed by atoms with van der Waals surface area (Å²) >= 11 is 11.5. The molecule has 0 bridgehead atoms. The molecule has 0 fully saturated rings. The average molecular weight is 310 g/mol. The van der Waals surface area contributed by atoms with E-state index in [0.29, 0.717) is 12.2 Å². The van der Waals surface area contributed by atoms with E-state index in [1.165, 1.54) is 12.1 Å². The number of hydrogen-bond acceptors (Lipinski definition) is 2. The normalized spacial score (nSPS) is 10.9. The molecule has 0 spiro atoms. The monoisotopic (exact) mass is 309 g/mol. The van der Waals surface area contributed by atoms with Crippen molar-refractivity contribution in [2.45, 2.75) is 6.54 Å². The van der Waals surface area contributed by atoms with Crippen molar-refractivity contribution >= 4 is 34.4 Å². The van der Waals surface area contributed by atoms with E-state index in [-0.39, 0.29) is 10.0 Å². The molecule has 1 N–H and O–H groups in total. The Balaban J connectivity index is 1.83. The van der Waals surface area contributed by atoms with E-state index in [4.69, 9.17) is 23.2 Å². The summed E-state index contributed by atoms with van der Waals surface area (Å²) in [6, 6.07) is 8.86. The third-order valence-corrected chi connectivity index (χ3v) is 3.52. The highest BCUT2D eigenvalue weighted by Crippen LogP contribution is 2.27. The molecule has 0 aliphatic heterocycles. The topological polar surface area (TPSA) is 29.3 Å². The third-order valence-electron chi connectivity index (χ3n) is 2.97. The maximum atomic E-state index is 13.3. The Labute approximate surface area is 124 Å². The largest absolute Gasteiger partial charge is 0.381 e. The summed E-state index contributed by atoms with van der Waals surface area (Å²) in [6.07, 6.45) is 3.67. The number of benzene rings is 1. The number of rotatable bonds is 3. The van der Waals surface area contributed by atoms with Crippen LogP contribution in [0.15, 0.2) is 42.7 Å². The Morgan fingerprint density at radius 2 is 1.95 bits per heavy atom. The summed E-state index contributed by atoms with van der Waals surface area (Å²) < 4.78 is 15.1. The van der Waals surface area contributed by atoms with Gasteiger partial charge in [0.1, 0.15) is 0 Å². The fourth-order valence-electron chi connectivity index (χ4n) is 1.98. The molecule has 102 valence electrons. The minimum atomic E-state index is -0.602. The summed E-state index contributed by atoms with van der Waals surface area (Å²) in [4.78, 5) is 0. The Kier molecular flexibility index (Phi) is 3.51. The molecule has 0 radical (unpaired) electrons. The SMILES string of the molecule is Fc1c(Cl)cc(NCc2cnn3ccccc23)cc1Cl. The lowest BCUT2D eigenvalue weighted by molar-refractivity contribution is 0.629. The molecule has 2 aromatic heterocycles. The van der Waals surface area contributed by atoms with Gasteiger partial charge in [0.05, 0.1) is 21.8 Å². The number of aromatic nitrogens is 2. The summed E-state index contributed by atoms with van der Waals surface area (Å²) in [6.45, 7) is 0.547. The van der Waals surface area contributed by atoms with Crippen LogP contribution in [-0.2, 0) is 6.54 Å². The van der Waals surface area contributed by atoms with Crippen molar-refractivity contribution < 1.29 is 4.39 Å². The van der Waals surface area contributed by atoms with Gasteiger partial charge in [0.25, 0.3) is 0 Å². The first-order chi connectivity index (χ1) is 9.65.